The maximum Gasteiger partial charge on any atom is 0.189 e. The lowest BCUT2D eigenvalue weighted by Gasteiger charge is -2.62. The Kier molecular flexibility index (Phi) is 83.7. The maximum atomic E-state index is 14.8. The van der Waals surface area contributed by atoms with Crippen LogP contribution in [0.1, 0.15) is 12.0 Å². The van der Waals surface area contributed by atoms with Crippen LogP contribution < -0.4 is 11.1 Å². The van der Waals surface area contributed by atoms with Gasteiger partial charge in [0.05, 0.1) is 28.6 Å². The molecule has 656 valence electrons. The number of anilines is 1. The number of alkyl halides is 1. The third-order valence-corrected chi connectivity index (χ3v) is 551. The van der Waals surface area contributed by atoms with Gasteiger partial charge in [0.1, 0.15) is 18.2 Å². The molecule has 1 aliphatic heterocycles. The predicted molar refractivity (Wildman–Crippen MR) is 772 cm³/mol. The van der Waals surface area contributed by atoms with Gasteiger partial charge in [-0.2, -0.15) is 0 Å². The Morgan fingerprint density at radius 1 is 0.421 bits per heavy atom. The van der Waals surface area contributed by atoms with E-state index in [2.05, 4.69) is 369 Å². The number of hydrogen-bond donors (Lipinski definition) is 2. The van der Waals surface area contributed by atoms with Crippen LogP contribution in [-0.2, 0) is 21.1 Å². The minimum atomic E-state index is -3.49. The molecule has 44 atom stereocenters. The second-order valence-electron chi connectivity index (χ2n) is 20.9. The molecule has 1 fully saturated rings. The van der Waals surface area contributed by atoms with Crippen LogP contribution in [0.4, 0.5) is 14.6 Å². The van der Waals surface area contributed by atoms with Crippen LogP contribution in [0.15, 0.2) is 64.1 Å². The number of nitrogens with one attached hydrogen (secondary N) is 1. The van der Waals surface area contributed by atoms with Crippen molar-refractivity contribution in [2.24, 2.45) is 0 Å². The molecule has 4 aromatic rings. The zero-order chi connectivity index (χ0) is 87.1. The van der Waals surface area contributed by atoms with Crippen LogP contribution in [0.5, 0.6) is 0 Å². The quantitative estimate of drug-likeness (QED) is 0.0328. The zero-order valence-electron chi connectivity index (χ0n) is 59.3. The fourth-order valence-electron chi connectivity index (χ4n) is 8.74. The van der Waals surface area contributed by atoms with E-state index in [1.165, 1.54) is 30.5 Å². The highest BCUT2D eigenvalue weighted by Gasteiger charge is 2.64. The molecule has 1 saturated heterocycles. The van der Waals surface area contributed by atoms with Gasteiger partial charge in [-0.25, -0.2) is 27.2 Å². The number of nitrogen functional groups attached to an aromatic ring is 1. The highest BCUT2D eigenvalue weighted by molar-refractivity contribution is 9.57. The molecule has 44 unspecified atom stereocenters. The first kappa shape index (κ1) is 135. The van der Waals surface area contributed by atoms with Gasteiger partial charge in [-0.05, 0) is 295 Å². The van der Waals surface area contributed by atoms with Crippen LogP contribution in [0.2, 0.25) is 0 Å². The van der Waals surface area contributed by atoms with E-state index in [4.69, 9.17) is 15.0 Å². The summed E-state index contributed by atoms with van der Waals surface area (Å²) in [6.45, 7) is -11.4. The van der Waals surface area contributed by atoms with Gasteiger partial charge in [-0.3, -0.25) is 0 Å². The van der Waals surface area contributed by atoms with E-state index in [9.17, 15) is 17.2 Å². The van der Waals surface area contributed by atoms with Crippen molar-refractivity contribution in [3.8, 4) is 34.0 Å². The van der Waals surface area contributed by atoms with Crippen molar-refractivity contribution < 1.29 is 26.5 Å². The second kappa shape index (κ2) is 70.5. The fourth-order valence-corrected chi connectivity index (χ4v) is 1120. The number of aromatic nitrogens is 3. The van der Waals surface area contributed by atoms with Crippen LogP contribution in [0.25, 0.3) is 34.0 Å². The lowest BCUT2D eigenvalue weighted by atomic mass is 10.1. The van der Waals surface area contributed by atoms with Crippen molar-refractivity contribution in [1.29, 1.82) is 0 Å². The molecule has 9 nitrogen and oxygen atoms in total. The number of benzene rings is 2. The molecular formula is C26H103F2N5O4P76S. The molecule has 0 bridgehead atoms. The minimum Gasteiger partial charge on any atom is -0.382 e. The van der Waals surface area contributed by atoms with Gasteiger partial charge in [-0.1, -0.05) is 23.4 Å². The average Bonchev–Trinajstić information content (AvgIpc) is 0.953. The Balaban J connectivity index is 0.000000591. The minimum absolute atomic E-state index is 0.0895. The maximum absolute atomic E-state index is 14.8. The number of nitrogens with zero attached hydrogens (tertiary/aromatic N) is 3. The standard InChI is InChI=1S/C26H25F2N5O4S.H78P76/c27-8-9-30-13-16-1-6-20(21(28)11-16)22-12-24(37-33-22)25-26(29)31-14-23(32-25)17-2-4-18(5-3-17)38(34,35)19-7-10-36-15-19;1-40(2)59(39)69(60(41(3)4)42(5)6)74(70(61(43(7)8)44(9)10)62(45(11)12)46(13)14)76(73(67(55(31)32)56(33)34)68(57(35)36)58(37)38)75(71(63(47(15)16)48(17)18)64(49(19)20)50(21)22)72(65(51(23)24)52(25)26)66(53(27)28)54(29)30/h1-6,11-12,14,19,30H,7-10,13,15H2,(H2,29,31);1-39H2. The molecule has 2 aromatic heterocycles. The van der Waals surface area contributed by atoms with Crippen molar-refractivity contribution in [2.45, 2.75) is 23.1 Å². The third-order valence-electron chi connectivity index (χ3n) is 13.0. The van der Waals surface area contributed by atoms with E-state index < -0.39 is 48.5 Å². The van der Waals surface area contributed by atoms with Gasteiger partial charge in [0.15, 0.2) is 27.1 Å². The summed E-state index contributed by atoms with van der Waals surface area (Å²) in [7, 11) is 139. The SMILES string of the molecule is Nc1ncc(-c2ccc(S(=O)(=O)C3CCOC3)cc2)nc1-c1cc(-c2ccc(CNCCF)cc2F)no1.PP(P)P(P)P(P(P(P)P)P(P)P)P(P(P(P(P)P)P(P)P)P(P(P)P)P(P)P)P(P(P(P(P)P)P(P)P)P(P(P)P)P(P)P)P(P(P(P(P)P)P(P)P)P(P(P)P)P(P)P)P(P(P(P)P)P(P)P)P(P(P)P)P(P)P. The zero-order valence-corrected chi connectivity index (χ0v) is 138. The fraction of sp³-hybridized carbons (Fsp3) is 0.269. The highest BCUT2D eigenvalue weighted by Crippen LogP contribution is 3.51. The van der Waals surface area contributed by atoms with Crippen molar-refractivity contribution in [3.05, 3.63) is 66.1 Å². The van der Waals surface area contributed by atoms with Crippen molar-refractivity contribution in [2.75, 3.05) is 32.2 Å². The number of halogens is 2. The van der Waals surface area contributed by atoms with Crippen LogP contribution >= 0.6 is 607 Å². The van der Waals surface area contributed by atoms with Gasteiger partial charge >= 0.3 is 0 Å². The molecule has 0 aliphatic carbocycles. The molecule has 2 aromatic carbocycles. The topological polar surface area (TPSA) is 133 Å². The van der Waals surface area contributed by atoms with E-state index in [1.807, 2.05) is 0 Å². The number of hydrogen-bond acceptors (Lipinski definition) is 9. The first-order chi connectivity index (χ1) is 52.9. The Bertz CT molecular complexity index is 3370. The normalized spacial score (nSPS) is 16.0. The Hall–Kier alpha value is 28.9. The number of nitrogens with two attached hydrogens (primary N) is 1. The summed E-state index contributed by atoms with van der Waals surface area (Å²) in [5, 5.41) is 6.29. The average molecular weight is 2970 g/mol. The molecule has 1 aliphatic rings. The summed E-state index contributed by atoms with van der Waals surface area (Å²) >= 11 is 0. The van der Waals surface area contributed by atoms with Crippen LogP contribution in [0, 0.1) is 5.82 Å². The van der Waals surface area contributed by atoms with E-state index >= 15 is 0 Å². The first-order valence-corrected chi connectivity index (χ1v) is 169. The van der Waals surface area contributed by atoms with E-state index in [0.29, 0.717) is 36.4 Å². The van der Waals surface area contributed by atoms with E-state index in [0.717, 1.165) is 0 Å². The lowest BCUT2D eigenvalue weighted by molar-refractivity contribution is 0.198. The van der Waals surface area contributed by atoms with Gasteiger partial charge in [0.25, 0.3) is 0 Å². The second-order valence-corrected chi connectivity index (χ2v) is 338. The van der Waals surface area contributed by atoms with Crippen molar-refractivity contribution in [3.63, 3.8) is 0 Å². The summed E-state index contributed by atoms with van der Waals surface area (Å²) < 4.78 is 63.3. The smallest absolute Gasteiger partial charge is 0.189 e. The van der Waals surface area contributed by atoms with E-state index in [-0.39, 0.29) is 284 Å². The largest absolute Gasteiger partial charge is 0.382 e. The molecule has 0 spiro atoms. The van der Waals surface area contributed by atoms with Crippen LogP contribution in [0.3, 0.4) is 0 Å². The lowest BCUT2D eigenvalue weighted by Crippen LogP contribution is -2.21. The molecule has 0 amide bonds. The highest BCUT2D eigenvalue weighted by atomic mass is 33.6. The molecular weight excluding hydrogens is 2870 g/mol. The third kappa shape index (κ3) is 42.8. The molecule has 5 rings (SSSR count). The Morgan fingerprint density at radius 2 is 0.746 bits per heavy atom. The Labute approximate surface area is 813 Å². The summed E-state index contributed by atoms with van der Waals surface area (Å²) in [6.07, 6.45) is 1.95. The first-order valence-electron chi connectivity index (χ1n) is 29.2. The summed E-state index contributed by atoms with van der Waals surface area (Å²) in [4.78, 5) is 8.96. The predicted octanol–water partition coefficient (Wildman–Crippen LogP) is 48.4. The van der Waals surface area contributed by atoms with Crippen molar-refractivity contribution in [1.82, 2.24) is 20.4 Å². The summed E-state index contributed by atoms with van der Waals surface area (Å²) in [6, 6.07) is 12.5. The Morgan fingerprint density at radius 3 is 1.04 bits per heavy atom. The van der Waals surface area contributed by atoms with Gasteiger partial charge < -0.3 is 20.3 Å². The number of ether oxygens (including phenoxy) is 1. The number of sulfone groups is 1. The molecule has 0 radical (unpaired) electrons. The van der Waals surface area contributed by atoms with Gasteiger partial charge in [-0.15, -0.1) is 348 Å². The molecule has 0 saturated carbocycles. The monoisotopic (exact) mass is 2970 g/mol. The molecule has 88 heteroatoms. The summed E-state index contributed by atoms with van der Waals surface area (Å²) in [5.41, 5.74) is 8.47. The van der Waals surface area contributed by atoms with Gasteiger partial charge in [0, 0.05) is 36.9 Å². The summed E-state index contributed by atoms with van der Waals surface area (Å²) in [5.74, 6) is -0.219. The van der Waals surface area contributed by atoms with E-state index in [1.54, 1.807) is 24.3 Å². The number of rotatable bonds is 45. The molecule has 114 heavy (non-hydrogen) atoms. The molecule has 3 N–H and O–H groups in total. The van der Waals surface area contributed by atoms with Crippen molar-refractivity contribution >= 4 is 622 Å². The van der Waals surface area contributed by atoms with Gasteiger partial charge in [0.2, 0.25) is 0 Å². The van der Waals surface area contributed by atoms with Crippen LogP contribution in [-0.4, -0.2) is 55.2 Å². The molecule has 3 heterocycles.